The fourth-order valence-corrected chi connectivity index (χ4v) is 2.37. The Morgan fingerprint density at radius 1 is 1.22 bits per heavy atom. The molecule has 94 valence electrons. The fraction of sp³-hybridized carbons (Fsp3) is 0.214. The van der Waals surface area contributed by atoms with Crippen molar-refractivity contribution in [1.82, 2.24) is 0 Å². The van der Waals surface area contributed by atoms with Crippen molar-refractivity contribution in [2.45, 2.75) is 6.92 Å². The highest BCUT2D eigenvalue weighted by molar-refractivity contribution is 7.12. The van der Waals surface area contributed by atoms with E-state index in [1.54, 1.807) is 25.3 Å². The lowest BCUT2D eigenvalue weighted by atomic mass is 10.1. The molecule has 4 heteroatoms. The summed E-state index contributed by atoms with van der Waals surface area (Å²) in [4.78, 5) is 12.8. The Morgan fingerprint density at radius 3 is 2.50 bits per heavy atom. The Morgan fingerprint density at radius 2 is 1.94 bits per heavy atom. The van der Waals surface area contributed by atoms with Gasteiger partial charge >= 0.3 is 0 Å². The lowest BCUT2D eigenvalue weighted by Crippen LogP contribution is -1.99. The zero-order chi connectivity index (χ0) is 13.0. The number of thiophene rings is 1. The Kier molecular flexibility index (Phi) is 3.99. The molecule has 0 spiro atoms. The summed E-state index contributed by atoms with van der Waals surface area (Å²) in [5, 5.41) is 1.82. The van der Waals surface area contributed by atoms with Gasteiger partial charge in [0.15, 0.2) is 0 Å². The molecule has 0 saturated carbocycles. The number of benzene rings is 1. The van der Waals surface area contributed by atoms with Gasteiger partial charge < -0.3 is 9.47 Å². The van der Waals surface area contributed by atoms with E-state index in [4.69, 9.17) is 9.47 Å². The summed E-state index contributed by atoms with van der Waals surface area (Å²) in [6.07, 6.45) is 0. The molecule has 1 heterocycles. The molecule has 0 unspecified atom stereocenters. The number of ketones is 1. The van der Waals surface area contributed by atoms with E-state index in [2.05, 4.69) is 0 Å². The van der Waals surface area contributed by atoms with Crippen LogP contribution in [0.15, 0.2) is 35.7 Å². The molecule has 0 fully saturated rings. The average molecular weight is 262 g/mol. The van der Waals surface area contributed by atoms with E-state index in [1.807, 2.05) is 24.4 Å². The van der Waals surface area contributed by atoms with E-state index < -0.39 is 0 Å². The number of ether oxygens (including phenoxy) is 2. The van der Waals surface area contributed by atoms with Crippen molar-refractivity contribution in [3.05, 3.63) is 46.2 Å². The molecule has 0 atom stereocenters. The van der Waals surface area contributed by atoms with Crippen molar-refractivity contribution in [2.75, 3.05) is 13.7 Å². The normalized spacial score (nSPS) is 10.1. The summed E-state index contributed by atoms with van der Waals surface area (Å²) in [5.74, 6) is 1.50. The highest BCUT2D eigenvalue weighted by Gasteiger charge is 2.12. The highest BCUT2D eigenvalue weighted by Crippen LogP contribution is 2.24. The van der Waals surface area contributed by atoms with Crippen molar-refractivity contribution in [3.8, 4) is 11.5 Å². The Balaban J connectivity index is 2.17. The summed E-state index contributed by atoms with van der Waals surface area (Å²) >= 11 is 1.39. The maximum Gasteiger partial charge on any atom is 0.203 e. The predicted molar refractivity (Wildman–Crippen MR) is 71.9 cm³/mol. The van der Waals surface area contributed by atoms with E-state index in [-0.39, 0.29) is 5.78 Å². The number of hydrogen-bond donors (Lipinski definition) is 0. The second-order valence-corrected chi connectivity index (χ2v) is 4.55. The molecule has 0 radical (unpaired) electrons. The first-order valence-electron chi connectivity index (χ1n) is 5.64. The van der Waals surface area contributed by atoms with E-state index in [0.717, 1.165) is 5.75 Å². The smallest absolute Gasteiger partial charge is 0.203 e. The molecule has 0 aliphatic heterocycles. The SMILES string of the molecule is CCOc1ccc(C(=O)c2cc(OC)cs2)cc1. The van der Waals surface area contributed by atoms with Crippen molar-refractivity contribution in [2.24, 2.45) is 0 Å². The van der Waals surface area contributed by atoms with Gasteiger partial charge in [-0.3, -0.25) is 4.79 Å². The highest BCUT2D eigenvalue weighted by atomic mass is 32.1. The van der Waals surface area contributed by atoms with Gasteiger partial charge in [0.25, 0.3) is 0 Å². The lowest BCUT2D eigenvalue weighted by molar-refractivity contribution is 0.104. The third-order valence-electron chi connectivity index (χ3n) is 2.46. The number of carbonyl (C=O) groups excluding carboxylic acids is 1. The number of methoxy groups -OCH3 is 1. The molecule has 0 aliphatic rings. The Hall–Kier alpha value is -1.81. The van der Waals surface area contributed by atoms with Crippen LogP contribution in [0.5, 0.6) is 11.5 Å². The third-order valence-corrected chi connectivity index (χ3v) is 3.37. The van der Waals surface area contributed by atoms with Gasteiger partial charge in [-0.2, -0.15) is 0 Å². The fourth-order valence-electron chi connectivity index (χ4n) is 1.56. The molecule has 1 aromatic carbocycles. The van der Waals surface area contributed by atoms with Crippen LogP contribution in [0.2, 0.25) is 0 Å². The van der Waals surface area contributed by atoms with Gasteiger partial charge in [0.05, 0.1) is 18.6 Å². The minimum atomic E-state index is 0.00588. The van der Waals surface area contributed by atoms with Crippen LogP contribution in [-0.4, -0.2) is 19.5 Å². The first-order chi connectivity index (χ1) is 8.74. The summed E-state index contributed by atoms with van der Waals surface area (Å²) in [7, 11) is 1.59. The number of hydrogen-bond acceptors (Lipinski definition) is 4. The van der Waals surface area contributed by atoms with Gasteiger partial charge in [0, 0.05) is 17.0 Å². The van der Waals surface area contributed by atoms with Gasteiger partial charge in [-0.05, 0) is 31.2 Å². The number of carbonyl (C=O) groups is 1. The van der Waals surface area contributed by atoms with E-state index in [9.17, 15) is 4.79 Å². The zero-order valence-corrected chi connectivity index (χ0v) is 11.1. The molecule has 3 nitrogen and oxygen atoms in total. The Bertz CT molecular complexity index is 528. The number of rotatable bonds is 5. The zero-order valence-electron chi connectivity index (χ0n) is 10.3. The van der Waals surface area contributed by atoms with Crippen LogP contribution < -0.4 is 9.47 Å². The summed E-state index contributed by atoms with van der Waals surface area (Å²) < 4.78 is 10.4. The van der Waals surface area contributed by atoms with Crippen molar-refractivity contribution >= 4 is 17.1 Å². The van der Waals surface area contributed by atoms with Gasteiger partial charge in [0.1, 0.15) is 11.5 Å². The molecule has 2 rings (SSSR count). The topological polar surface area (TPSA) is 35.5 Å². The molecular formula is C14H14O3S. The predicted octanol–water partition coefficient (Wildman–Crippen LogP) is 3.39. The van der Waals surface area contributed by atoms with Gasteiger partial charge in [-0.25, -0.2) is 0 Å². The summed E-state index contributed by atoms with van der Waals surface area (Å²) in [6, 6.07) is 8.92. The van der Waals surface area contributed by atoms with E-state index in [0.29, 0.717) is 22.8 Å². The van der Waals surface area contributed by atoms with Crippen LogP contribution in [0.3, 0.4) is 0 Å². The van der Waals surface area contributed by atoms with Crippen LogP contribution in [-0.2, 0) is 0 Å². The second kappa shape index (κ2) is 5.69. The molecule has 2 aromatic rings. The van der Waals surface area contributed by atoms with Gasteiger partial charge in [-0.15, -0.1) is 11.3 Å². The van der Waals surface area contributed by atoms with Crippen LogP contribution in [0, 0.1) is 0 Å². The third kappa shape index (κ3) is 2.71. The minimum Gasteiger partial charge on any atom is -0.496 e. The van der Waals surface area contributed by atoms with Gasteiger partial charge in [0.2, 0.25) is 5.78 Å². The largest absolute Gasteiger partial charge is 0.496 e. The maximum atomic E-state index is 12.2. The summed E-state index contributed by atoms with van der Waals surface area (Å²) in [6.45, 7) is 2.55. The molecule has 0 saturated heterocycles. The van der Waals surface area contributed by atoms with Crippen LogP contribution >= 0.6 is 11.3 Å². The molecule has 0 amide bonds. The van der Waals surface area contributed by atoms with Crippen molar-refractivity contribution < 1.29 is 14.3 Å². The Labute approximate surface area is 110 Å². The quantitative estimate of drug-likeness (QED) is 0.775. The van der Waals surface area contributed by atoms with Crippen LogP contribution in [0.1, 0.15) is 22.2 Å². The first kappa shape index (κ1) is 12.6. The minimum absolute atomic E-state index is 0.00588. The molecule has 0 N–H and O–H groups in total. The monoisotopic (exact) mass is 262 g/mol. The standard InChI is InChI=1S/C14H14O3S/c1-3-17-11-6-4-10(5-7-11)14(15)13-8-12(16-2)9-18-13/h4-9H,3H2,1-2H3. The summed E-state index contributed by atoms with van der Waals surface area (Å²) in [5.41, 5.74) is 0.656. The van der Waals surface area contributed by atoms with Crippen molar-refractivity contribution in [3.63, 3.8) is 0 Å². The molecule has 1 aromatic heterocycles. The molecule has 0 bridgehead atoms. The van der Waals surface area contributed by atoms with E-state index in [1.165, 1.54) is 11.3 Å². The molecule has 0 aliphatic carbocycles. The average Bonchev–Trinajstić information content (AvgIpc) is 2.88. The molecular weight excluding hydrogens is 248 g/mol. The van der Waals surface area contributed by atoms with Crippen LogP contribution in [0.4, 0.5) is 0 Å². The van der Waals surface area contributed by atoms with Crippen LogP contribution in [0.25, 0.3) is 0 Å². The van der Waals surface area contributed by atoms with Crippen molar-refractivity contribution in [1.29, 1.82) is 0 Å². The first-order valence-corrected chi connectivity index (χ1v) is 6.52. The lowest BCUT2D eigenvalue weighted by Gasteiger charge is -2.03. The van der Waals surface area contributed by atoms with Gasteiger partial charge in [-0.1, -0.05) is 0 Å². The second-order valence-electron chi connectivity index (χ2n) is 3.64. The maximum absolute atomic E-state index is 12.2. The molecule has 18 heavy (non-hydrogen) atoms. The van der Waals surface area contributed by atoms with E-state index >= 15 is 0 Å².